The summed E-state index contributed by atoms with van der Waals surface area (Å²) < 4.78 is 23.7. The van der Waals surface area contributed by atoms with Gasteiger partial charge in [-0.05, 0) is 23.7 Å². The first-order valence-corrected chi connectivity index (χ1v) is 6.96. The number of ether oxygens (including phenoxy) is 1. The molecule has 22 heavy (non-hydrogen) atoms. The molecule has 3 rings (SSSR count). The summed E-state index contributed by atoms with van der Waals surface area (Å²) in [4.78, 5) is 36.6. The quantitative estimate of drug-likeness (QED) is 0.854. The first kappa shape index (κ1) is 15.0. The number of alkyl halides is 1. The van der Waals surface area contributed by atoms with Crippen molar-refractivity contribution >= 4 is 29.2 Å². The molecular weight excluding hydrogens is 319 g/mol. The van der Waals surface area contributed by atoms with Crippen LogP contribution in [-0.2, 0) is 14.3 Å². The van der Waals surface area contributed by atoms with Crippen LogP contribution in [0.15, 0.2) is 16.5 Å². The third-order valence-electron chi connectivity index (χ3n) is 3.64. The molecule has 7 nitrogen and oxygen atoms in total. The summed E-state index contributed by atoms with van der Waals surface area (Å²) in [5.74, 6) is -1.55. The second kappa shape index (κ2) is 5.69. The maximum absolute atomic E-state index is 13.7. The number of hydrogen-bond donors (Lipinski definition) is 1. The summed E-state index contributed by atoms with van der Waals surface area (Å²) in [6, 6.07) is 1.85. The molecule has 2 aliphatic heterocycles. The molecule has 2 saturated heterocycles. The summed E-state index contributed by atoms with van der Waals surface area (Å²) in [5, 5.41) is 2.39. The van der Waals surface area contributed by atoms with Crippen molar-refractivity contribution in [1.82, 2.24) is 10.2 Å². The van der Waals surface area contributed by atoms with Crippen molar-refractivity contribution < 1.29 is 27.9 Å². The number of Topliss-reactive ketones (excluding diaryl/α,β-unsaturated/α-hetero) is 1. The van der Waals surface area contributed by atoms with Crippen LogP contribution < -0.4 is 5.32 Å². The van der Waals surface area contributed by atoms with Crippen molar-refractivity contribution in [3.63, 3.8) is 0 Å². The average Bonchev–Trinajstić information content (AvgIpc) is 3.15. The maximum Gasteiger partial charge on any atom is 0.287 e. The number of carbonyl (C=O) groups excluding carboxylic acids is 3. The van der Waals surface area contributed by atoms with E-state index in [2.05, 4.69) is 5.32 Å². The highest BCUT2D eigenvalue weighted by atomic mass is 35.5. The predicted octanol–water partition coefficient (Wildman–Crippen LogP) is 0.180. The Labute approximate surface area is 129 Å². The van der Waals surface area contributed by atoms with Gasteiger partial charge in [0.1, 0.15) is 24.9 Å². The van der Waals surface area contributed by atoms with E-state index in [0.29, 0.717) is 0 Å². The van der Waals surface area contributed by atoms with Gasteiger partial charge in [-0.15, -0.1) is 0 Å². The lowest BCUT2D eigenvalue weighted by atomic mass is 10.1. The number of carbonyl (C=O) groups is 3. The molecule has 0 bridgehead atoms. The van der Waals surface area contributed by atoms with Crippen molar-refractivity contribution in [2.75, 3.05) is 19.7 Å². The van der Waals surface area contributed by atoms with Gasteiger partial charge in [-0.2, -0.15) is 0 Å². The molecule has 2 amide bonds. The Hall–Kier alpha value is -1.93. The van der Waals surface area contributed by atoms with Crippen LogP contribution in [0.2, 0.25) is 5.22 Å². The molecule has 0 unspecified atom stereocenters. The van der Waals surface area contributed by atoms with Crippen LogP contribution in [0.25, 0.3) is 0 Å². The number of furan rings is 1. The number of rotatable bonds is 3. The van der Waals surface area contributed by atoms with Crippen LogP contribution >= 0.6 is 11.6 Å². The third kappa shape index (κ3) is 2.59. The van der Waals surface area contributed by atoms with E-state index in [1.54, 1.807) is 0 Å². The van der Waals surface area contributed by atoms with Crippen LogP contribution in [-0.4, -0.2) is 60.5 Å². The molecule has 0 aliphatic carbocycles. The van der Waals surface area contributed by atoms with Gasteiger partial charge in [-0.25, -0.2) is 4.39 Å². The molecule has 3 atom stereocenters. The highest BCUT2D eigenvalue weighted by Crippen LogP contribution is 2.29. The highest BCUT2D eigenvalue weighted by Gasteiger charge is 2.52. The summed E-state index contributed by atoms with van der Waals surface area (Å²) in [5.41, 5.74) is 0. The van der Waals surface area contributed by atoms with E-state index in [1.807, 2.05) is 0 Å². The first-order chi connectivity index (χ1) is 10.5. The number of amides is 2. The molecule has 118 valence electrons. The lowest BCUT2D eigenvalue weighted by molar-refractivity contribution is -0.135. The van der Waals surface area contributed by atoms with Gasteiger partial charge in [0.15, 0.2) is 16.8 Å². The standard InChI is InChI=1S/C13H12ClFN2O5/c14-9-2-1-8(22-9)13(20)16-3-10(19)17-4-6(15)12-11(17)7(18)5-21-12/h1-2,6,11-12H,3-5H2,(H,16,20)/t6-,11+,12+/m0/s1. The van der Waals surface area contributed by atoms with E-state index in [4.69, 9.17) is 20.8 Å². The van der Waals surface area contributed by atoms with Gasteiger partial charge in [0, 0.05) is 0 Å². The molecule has 3 heterocycles. The molecule has 0 spiro atoms. The van der Waals surface area contributed by atoms with Crippen LogP contribution in [0.4, 0.5) is 4.39 Å². The van der Waals surface area contributed by atoms with Crippen molar-refractivity contribution in [3.8, 4) is 0 Å². The number of ketones is 1. The Morgan fingerprint density at radius 1 is 1.45 bits per heavy atom. The van der Waals surface area contributed by atoms with Gasteiger partial charge in [0.2, 0.25) is 5.91 Å². The fraction of sp³-hybridized carbons (Fsp3) is 0.462. The van der Waals surface area contributed by atoms with Crippen molar-refractivity contribution in [3.05, 3.63) is 23.1 Å². The number of nitrogens with zero attached hydrogens (tertiary/aromatic N) is 1. The number of halogens is 2. The number of likely N-dealkylation sites (tertiary alicyclic amines) is 1. The molecular formula is C13H12ClFN2O5. The van der Waals surface area contributed by atoms with Gasteiger partial charge in [-0.1, -0.05) is 0 Å². The molecule has 1 N–H and O–H groups in total. The Morgan fingerprint density at radius 2 is 2.23 bits per heavy atom. The van der Waals surface area contributed by atoms with Crippen molar-refractivity contribution in [1.29, 1.82) is 0 Å². The normalized spacial score (nSPS) is 27.1. The SMILES string of the molecule is O=C(NCC(=O)N1C[C@H](F)[C@H]2OCC(=O)[C@H]21)c1ccc(Cl)o1. The fourth-order valence-corrected chi connectivity index (χ4v) is 2.78. The largest absolute Gasteiger partial charge is 0.440 e. The molecule has 2 fully saturated rings. The highest BCUT2D eigenvalue weighted by molar-refractivity contribution is 6.29. The topological polar surface area (TPSA) is 88.9 Å². The zero-order chi connectivity index (χ0) is 15.9. The van der Waals surface area contributed by atoms with Gasteiger partial charge in [-0.3, -0.25) is 14.4 Å². The second-order valence-electron chi connectivity index (χ2n) is 5.04. The van der Waals surface area contributed by atoms with Gasteiger partial charge < -0.3 is 19.4 Å². The summed E-state index contributed by atoms with van der Waals surface area (Å²) in [7, 11) is 0. The van der Waals surface area contributed by atoms with E-state index in [-0.39, 0.29) is 36.5 Å². The zero-order valence-corrected chi connectivity index (χ0v) is 12.0. The zero-order valence-electron chi connectivity index (χ0n) is 11.3. The molecule has 0 aromatic carbocycles. The van der Waals surface area contributed by atoms with Gasteiger partial charge >= 0.3 is 0 Å². The van der Waals surface area contributed by atoms with E-state index in [1.165, 1.54) is 12.1 Å². The lowest BCUT2D eigenvalue weighted by Crippen LogP contribution is -2.46. The van der Waals surface area contributed by atoms with Crippen LogP contribution in [0, 0.1) is 0 Å². The van der Waals surface area contributed by atoms with E-state index < -0.39 is 30.1 Å². The maximum atomic E-state index is 13.7. The van der Waals surface area contributed by atoms with Crippen LogP contribution in [0.3, 0.4) is 0 Å². The minimum Gasteiger partial charge on any atom is -0.440 e. The second-order valence-corrected chi connectivity index (χ2v) is 5.41. The Morgan fingerprint density at radius 3 is 2.91 bits per heavy atom. The van der Waals surface area contributed by atoms with Crippen molar-refractivity contribution in [2.24, 2.45) is 0 Å². The summed E-state index contributed by atoms with van der Waals surface area (Å²) in [6.45, 7) is -0.792. The predicted molar refractivity (Wildman–Crippen MR) is 71.2 cm³/mol. The van der Waals surface area contributed by atoms with Gasteiger partial charge in [0.05, 0.1) is 13.1 Å². The number of fused-ring (bicyclic) bond motifs is 1. The van der Waals surface area contributed by atoms with E-state index in [0.717, 1.165) is 4.90 Å². The molecule has 9 heteroatoms. The molecule has 2 aliphatic rings. The van der Waals surface area contributed by atoms with E-state index >= 15 is 0 Å². The minimum atomic E-state index is -1.40. The van der Waals surface area contributed by atoms with Crippen molar-refractivity contribution in [2.45, 2.75) is 18.3 Å². The average molecular weight is 331 g/mol. The molecule has 0 saturated carbocycles. The Balaban J connectivity index is 1.60. The molecule has 0 radical (unpaired) electrons. The smallest absolute Gasteiger partial charge is 0.287 e. The Bertz CT molecular complexity index is 634. The molecule has 1 aromatic heterocycles. The lowest BCUT2D eigenvalue weighted by Gasteiger charge is -2.21. The monoisotopic (exact) mass is 330 g/mol. The number of nitrogens with one attached hydrogen (secondary N) is 1. The third-order valence-corrected chi connectivity index (χ3v) is 3.84. The summed E-state index contributed by atoms with van der Waals surface area (Å²) in [6.07, 6.45) is -2.31. The van der Waals surface area contributed by atoms with Crippen LogP contribution in [0.1, 0.15) is 10.6 Å². The van der Waals surface area contributed by atoms with Gasteiger partial charge in [0.25, 0.3) is 5.91 Å². The number of hydrogen-bond acceptors (Lipinski definition) is 5. The summed E-state index contributed by atoms with van der Waals surface area (Å²) >= 11 is 5.55. The fourth-order valence-electron chi connectivity index (χ4n) is 2.63. The minimum absolute atomic E-state index is 0.0410. The molecule has 1 aromatic rings. The van der Waals surface area contributed by atoms with E-state index in [9.17, 15) is 18.8 Å². The van der Waals surface area contributed by atoms with Crippen LogP contribution in [0.5, 0.6) is 0 Å². The Kier molecular flexibility index (Phi) is 3.88. The first-order valence-electron chi connectivity index (χ1n) is 6.59.